The van der Waals surface area contributed by atoms with Crippen molar-refractivity contribution in [1.29, 1.82) is 0 Å². The quantitative estimate of drug-likeness (QED) is 0.870. The van der Waals surface area contributed by atoms with Crippen molar-refractivity contribution in [3.05, 3.63) is 66.2 Å². The van der Waals surface area contributed by atoms with Crippen molar-refractivity contribution in [3.8, 4) is 0 Å². The Morgan fingerprint density at radius 1 is 1.04 bits per heavy atom. The third-order valence-corrected chi connectivity index (χ3v) is 3.92. The first-order valence-electron chi connectivity index (χ1n) is 8.04. The van der Waals surface area contributed by atoms with E-state index in [1.807, 2.05) is 30.3 Å². The van der Waals surface area contributed by atoms with Crippen LogP contribution in [0.2, 0.25) is 0 Å². The number of anilines is 1. The molecule has 1 heterocycles. The first-order chi connectivity index (χ1) is 12.1. The number of hydrogen-bond acceptors (Lipinski definition) is 4. The summed E-state index contributed by atoms with van der Waals surface area (Å²) >= 11 is 0. The SMILES string of the molecule is O=C(OCc1ccccc1)C1CCC(=O)N(c2ccccc2)C(=O)N1. The van der Waals surface area contributed by atoms with E-state index in [2.05, 4.69) is 5.32 Å². The van der Waals surface area contributed by atoms with E-state index in [0.29, 0.717) is 5.69 Å². The number of carbonyl (C=O) groups excluding carboxylic acids is 3. The van der Waals surface area contributed by atoms with Crippen LogP contribution >= 0.6 is 0 Å². The summed E-state index contributed by atoms with van der Waals surface area (Å²) in [6, 6.07) is 16.5. The van der Waals surface area contributed by atoms with Crippen molar-refractivity contribution in [2.24, 2.45) is 0 Å². The maximum Gasteiger partial charge on any atom is 0.329 e. The number of benzene rings is 2. The van der Waals surface area contributed by atoms with Gasteiger partial charge in [0.05, 0.1) is 5.69 Å². The number of carbonyl (C=O) groups is 3. The van der Waals surface area contributed by atoms with Gasteiger partial charge in [-0.15, -0.1) is 0 Å². The van der Waals surface area contributed by atoms with E-state index >= 15 is 0 Å². The van der Waals surface area contributed by atoms with E-state index < -0.39 is 18.0 Å². The fourth-order valence-electron chi connectivity index (χ4n) is 2.62. The van der Waals surface area contributed by atoms with Crippen LogP contribution in [-0.2, 0) is 20.9 Å². The number of imide groups is 1. The Labute approximate surface area is 145 Å². The Kier molecular flexibility index (Phi) is 5.09. The Morgan fingerprint density at radius 3 is 2.36 bits per heavy atom. The summed E-state index contributed by atoms with van der Waals surface area (Å²) in [4.78, 5) is 38.0. The van der Waals surface area contributed by atoms with Crippen LogP contribution in [0.1, 0.15) is 18.4 Å². The Balaban J connectivity index is 1.66. The van der Waals surface area contributed by atoms with Crippen LogP contribution in [0.15, 0.2) is 60.7 Å². The second-order valence-electron chi connectivity index (χ2n) is 5.70. The van der Waals surface area contributed by atoms with Gasteiger partial charge in [-0.25, -0.2) is 14.5 Å². The number of amides is 3. The number of urea groups is 1. The summed E-state index contributed by atoms with van der Waals surface area (Å²) in [6.07, 6.45) is 0.292. The minimum atomic E-state index is -0.839. The van der Waals surface area contributed by atoms with E-state index in [0.717, 1.165) is 10.5 Å². The molecule has 6 nitrogen and oxygen atoms in total. The molecule has 6 heteroatoms. The molecule has 25 heavy (non-hydrogen) atoms. The minimum absolute atomic E-state index is 0.0821. The number of para-hydroxylation sites is 1. The lowest BCUT2D eigenvalue weighted by Crippen LogP contribution is -2.47. The van der Waals surface area contributed by atoms with Gasteiger partial charge in [0.1, 0.15) is 12.6 Å². The molecule has 1 fully saturated rings. The topological polar surface area (TPSA) is 75.7 Å². The van der Waals surface area contributed by atoms with Gasteiger partial charge in [-0.1, -0.05) is 48.5 Å². The zero-order valence-electron chi connectivity index (χ0n) is 13.6. The molecule has 1 aliphatic heterocycles. The number of ether oxygens (including phenoxy) is 1. The molecule has 0 saturated carbocycles. The maximum absolute atomic E-state index is 12.4. The van der Waals surface area contributed by atoms with Crippen molar-refractivity contribution >= 4 is 23.6 Å². The van der Waals surface area contributed by atoms with Crippen LogP contribution in [0.4, 0.5) is 10.5 Å². The number of rotatable bonds is 4. The second kappa shape index (κ2) is 7.61. The summed E-state index contributed by atoms with van der Waals surface area (Å²) < 4.78 is 5.26. The van der Waals surface area contributed by atoms with Crippen molar-refractivity contribution in [2.75, 3.05) is 4.90 Å². The highest BCUT2D eigenvalue weighted by molar-refractivity contribution is 6.15. The molecule has 1 unspecified atom stereocenters. The lowest BCUT2D eigenvalue weighted by atomic mass is 10.1. The smallest absolute Gasteiger partial charge is 0.329 e. The molecule has 2 aromatic carbocycles. The maximum atomic E-state index is 12.4. The average Bonchev–Trinajstić information content (AvgIpc) is 2.79. The fraction of sp³-hybridized carbons (Fsp3) is 0.211. The van der Waals surface area contributed by atoms with Crippen LogP contribution in [0.3, 0.4) is 0 Å². The van der Waals surface area contributed by atoms with Gasteiger partial charge in [0.2, 0.25) is 5.91 Å². The lowest BCUT2D eigenvalue weighted by Gasteiger charge is -2.19. The first-order valence-corrected chi connectivity index (χ1v) is 8.04. The summed E-state index contributed by atoms with van der Waals surface area (Å²) in [6.45, 7) is 0.127. The third-order valence-electron chi connectivity index (χ3n) is 3.92. The minimum Gasteiger partial charge on any atom is -0.459 e. The van der Waals surface area contributed by atoms with Crippen molar-refractivity contribution in [1.82, 2.24) is 5.32 Å². The number of nitrogens with one attached hydrogen (secondary N) is 1. The van der Waals surface area contributed by atoms with Crippen molar-refractivity contribution < 1.29 is 19.1 Å². The predicted molar refractivity (Wildman–Crippen MR) is 91.7 cm³/mol. The van der Waals surface area contributed by atoms with Gasteiger partial charge in [0.15, 0.2) is 0 Å². The molecule has 0 spiro atoms. The van der Waals surface area contributed by atoms with Crippen LogP contribution in [0, 0.1) is 0 Å². The van der Waals surface area contributed by atoms with Crippen LogP contribution in [0.5, 0.6) is 0 Å². The van der Waals surface area contributed by atoms with E-state index in [1.54, 1.807) is 30.3 Å². The van der Waals surface area contributed by atoms with E-state index in [9.17, 15) is 14.4 Å². The molecular weight excluding hydrogens is 320 g/mol. The molecule has 0 bridgehead atoms. The normalized spacial score (nSPS) is 17.6. The summed E-state index contributed by atoms with van der Waals surface area (Å²) in [5.41, 5.74) is 1.33. The monoisotopic (exact) mass is 338 g/mol. The Hall–Kier alpha value is -3.15. The van der Waals surface area contributed by atoms with Gasteiger partial charge < -0.3 is 10.1 Å². The van der Waals surface area contributed by atoms with Gasteiger partial charge in [-0.05, 0) is 24.1 Å². The molecule has 1 saturated heterocycles. The van der Waals surface area contributed by atoms with Gasteiger partial charge in [0, 0.05) is 6.42 Å². The molecular formula is C19H18N2O4. The molecule has 128 valence electrons. The highest BCUT2D eigenvalue weighted by atomic mass is 16.5. The molecule has 0 aromatic heterocycles. The van der Waals surface area contributed by atoms with Crippen molar-refractivity contribution in [3.63, 3.8) is 0 Å². The molecule has 3 rings (SSSR count). The molecule has 2 aromatic rings. The molecule has 1 aliphatic rings. The summed E-state index contributed by atoms with van der Waals surface area (Å²) in [7, 11) is 0. The van der Waals surface area contributed by atoms with Crippen LogP contribution in [0.25, 0.3) is 0 Å². The summed E-state index contributed by atoms with van der Waals surface area (Å²) in [5, 5.41) is 2.59. The Morgan fingerprint density at radius 2 is 1.68 bits per heavy atom. The summed E-state index contributed by atoms with van der Waals surface area (Å²) in [5.74, 6) is -0.887. The zero-order valence-corrected chi connectivity index (χ0v) is 13.6. The molecule has 1 atom stereocenters. The lowest BCUT2D eigenvalue weighted by molar-refractivity contribution is -0.147. The van der Waals surface area contributed by atoms with E-state index in [1.165, 1.54) is 0 Å². The van der Waals surface area contributed by atoms with Crippen LogP contribution in [-0.4, -0.2) is 23.9 Å². The second-order valence-corrected chi connectivity index (χ2v) is 5.70. The number of hydrogen-bond donors (Lipinski definition) is 1. The fourth-order valence-corrected chi connectivity index (χ4v) is 2.62. The van der Waals surface area contributed by atoms with Gasteiger partial charge in [-0.2, -0.15) is 0 Å². The van der Waals surface area contributed by atoms with Gasteiger partial charge in [-0.3, -0.25) is 4.79 Å². The number of esters is 1. The van der Waals surface area contributed by atoms with Gasteiger partial charge >= 0.3 is 12.0 Å². The zero-order chi connectivity index (χ0) is 17.6. The molecule has 1 N–H and O–H groups in total. The standard InChI is InChI=1S/C19H18N2O4/c22-17-12-11-16(18(23)25-13-14-7-3-1-4-8-14)20-19(24)21(17)15-9-5-2-6-10-15/h1-10,16H,11-13H2,(H,20,24). The largest absolute Gasteiger partial charge is 0.459 e. The highest BCUT2D eigenvalue weighted by Crippen LogP contribution is 2.19. The third kappa shape index (κ3) is 4.03. The van der Waals surface area contributed by atoms with E-state index in [4.69, 9.17) is 4.74 Å². The first kappa shape index (κ1) is 16.7. The molecule has 0 radical (unpaired) electrons. The van der Waals surface area contributed by atoms with Gasteiger partial charge in [0.25, 0.3) is 0 Å². The predicted octanol–water partition coefficient (Wildman–Crippen LogP) is 2.64. The molecule has 0 aliphatic carbocycles. The van der Waals surface area contributed by atoms with Crippen molar-refractivity contribution in [2.45, 2.75) is 25.5 Å². The molecule has 3 amide bonds. The van der Waals surface area contributed by atoms with E-state index in [-0.39, 0.29) is 25.4 Å². The van der Waals surface area contributed by atoms with Crippen LogP contribution < -0.4 is 10.2 Å². The Bertz CT molecular complexity index is 762. The average molecular weight is 338 g/mol. The number of nitrogens with zero attached hydrogens (tertiary/aromatic N) is 1. The highest BCUT2D eigenvalue weighted by Gasteiger charge is 2.33.